The van der Waals surface area contributed by atoms with Gasteiger partial charge >= 0.3 is 0 Å². The smallest absolute Gasteiger partial charge is 0.0935 e. The van der Waals surface area contributed by atoms with E-state index >= 15 is 0 Å². The fraction of sp³-hybridized carbons (Fsp3) is 0.222. The van der Waals surface area contributed by atoms with Gasteiger partial charge in [-0.05, 0) is 28.1 Å². The highest BCUT2D eigenvalue weighted by atomic mass is 79.9. The summed E-state index contributed by atoms with van der Waals surface area (Å²) in [5.41, 5.74) is 7.47. The van der Waals surface area contributed by atoms with Crippen molar-refractivity contribution in [2.24, 2.45) is 12.8 Å². The molecule has 0 aliphatic carbocycles. The summed E-state index contributed by atoms with van der Waals surface area (Å²) in [7, 11) is 1.90. The van der Waals surface area contributed by atoms with Gasteiger partial charge in [-0.1, -0.05) is 11.6 Å². The molecule has 0 unspecified atom stereocenters. The summed E-state index contributed by atoms with van der Waals surface area (Å²) >= 11 is 10.9. The number of hydrogen-bond donors (Lipinski definition) is 1. The van der Waals surface area contributed by atoms with Gasteiger partial charge in [0.2, 0.25) is 0 Å². The van der Waals surface area contributed by atoms with E-state index in [2.05, 4.69) is 21.0 Å². The molecule has 0 atom stereocenters. The zero-order chi connectivity index (χ0) is 11.0. The van der Waals surface area contributed by atoms with E-state index in [9.17, 15) is 0 Å². The molecule has 2 aromatic heterocycles. The van der Waals surface area contributed by atoms with E-state index in [1.165, 1.54) is 11.3 Å². The molecule has 2 N–H and O–H groups in total. The van der Waals surface area contributed by atoms with Crippen LogP contribution in [0.1, 0.15) is 5.69 Å². The third-order valence-electron chi connectivity index (χ3n) is 2.06. The van der Waals surface area contributed by atoms with E-state index in [0.717, 1.165) is 25.1 Å². The summed E-state index contributed by atoms with van der Waals surface area (Å²) in [4.78, 5) is 1.08. The van der Waals surface area contributed by atoms with Gasteiger partial charge < -0.3 is 5.73 Å². The van der Waals surface area contributed by atoms with Crippen LogP contribution in [0.2, 0.25) is 4.34 Å². The molecule has 0 aromatic carbocycles. The SMILES string of the molecule is Cn1nc(CN)c(Br)c1-c1ccc(Cl)s1. The topological polar surface area (TPSA) is 43.8 Å². The standard InChI is InChI=1S/C9H9BrClN3S/c1-14-9(6-2-3-7(11)15-6)8(10)5(4-12)13-14/h2-3H,4,12H2,1H3. The molecule has 80 valence electrons. The summed E-state index contributed by atoms with van der Waals surface area (Å²) in [6.07, 6.45) is 0. The van der Waals surface area contributed by atoms with Crippen molar-refractivity contribution in [1.29, 1.82) is 0 Å². The van der Waals surface area contributed by atoms with Gasteiger partial charge in [-0.15, -0.1) is 11.3 Å². The first-order valence-corrected chi connectivity index (χ1v) is 6.29. The maximum atomic E-state index is 5.90. The van der Waals surface area contributed by atoms with Gasteiger partial charge in [-0.2, -0.15) is 5.10 Å². The van der Waals surface area contributed by atoms with Crippen molar-refractivity contribution in [2.75, 3.05) is 0 Å². The Morgan fingerprint density at radius 3 is 2.80 bits per heavy atom. The first kappa shape index (κ1) is 11.1. The lowest BCUT2D eigenvalue weighted by Gasteiger charge is -1.98. The van der Waals surface area contributed by atoms with E-state index in [1.54, 1.807) is 0 Å². The zero-order valence-corrected chi connectivity index (χ0v) is 11.2. The van der Waals surface area contributed by atoms with Gasteiger partial charge in [0.1, 0.15) is 0 Å². The molecule has 0 radical (unpaired) electrons. The predicted octanol–water partition coefficient (Wildman–Crippen LogP) is 3.02. The van der Waals surface area contributed by atoms with Crippen LogP contribution in [0, 0.1) is 0 Å². The van der Waals surface area contributed by atoms with Crippen LogP contribution in [0.5, 0.6) is 0 Å². The summed E-state index contributed by atoms with van der Waals surface area (Å²) in [5.74, 6) is 0. The lowest BCUT2D eigenvalue weighted by atomic mass is 10.3. The van der Waals surface area contributed by atoms with Gasteiger partial charge in [0.25, 0.3) is 0 Å². The van der Waals surface area contributed by atoms with Crippen molar-refractivity contribution < 1.29 is 0 Å². The van der Waals surface area contributed by atoms with Crippen LogP contribution in [0.4, 0.5) is 0 Å². The Bertz CT molecular complexity index is 492. The minimum Gasteiger partial charge on any atom is -0.325 e. The molecule has 0 saturated carbocycles. The third-order valence-corrected chi connectivity index (χ3v) is 4.13. The van der Waals surface area contributed by atoms with Crippen LogP contribution in [-0.2, 0) is 13.6 Å². The highest BCUT2D eigenvalue weighted by molar-refractivity contribution is 9.10. The molecular weight excluding hydrogens is 298 g/mol. The maximum Gasteiger partial charge on any atom is 0.0935 e. The molecule has 0 spiro atoms. The molecule has 15 heavy (non-hydrogen) atoms. The maximum absolute atomic E-state index is 5.90. The number of halogens is 2. The van der Waals surface area contributed by atoms with Gasteiger partial charge in [0, 0.05) is 13.6 Å². The highest BCUT2D eigenvalue weighted by Crippen LogP contribution is 2.36. The Morgan fingerprint density at radius 1 is 1.60 bits per heavy atom. The highest BCUT2D eigenvalue weighted by Gasteiger charge is 2.15. The summed E-state index contributed by atoms with van der Waals surface area (Å²) in [6.45, 7) is 0.424. The number of nitrogens with zero attached hydrogens (tertiary/aromatic N) is 2. The second-order valence-corrected chi connectivity index (χ2v) is 5.55. The monoisotopic (exact) mass is 305 g/mol. The lowest BCUT2D eigenvalue weighted by Crippen LogP contribution is -1.99. The number of hydrogen-bond acceptors (Lipinski definition) is 3. The van der Waals surface area contributed by atoms with Crippen LogP contribution in [-0.4, -0.2) is 9.78 Å². The molecule has 0 aliphatic rings. The average molecular weight is 307 g/mol. The molecule has 2 aromatic rings. The van der Waals surface area contributed by atoms with Crippen LogP contribution in [0.15, 0.2) is 16.6 Å². The number of aryl methyl sites for hydroxylation is 1. The summed E-state index contributed by atoms with van der Waals surface area (Å²) in [5, 5.41) is 4.32. The number of nitrogens with two attached hydrogens (primary N) is 1. The Kier molecular flexibility index (Phi) is 3.16. The van der Waals surface area contributed by atoms with E-state index in [0.29, 0.717) is 6.54 Å². The minimum absolute atomic E-state index is 0.424. The van der Waals surface area contributed by atoms with Gasteiger partial charge in [0.05, 0.1) is 25.1 Å². The minimum atomic E-state index is 0.424. The van der Waals surface area contributed by atoms with E-state index in [-0.39, 0.29) is 0 Å². The first-order valence-electron chi connectivity index (χ1n) is 4.30. The van der Waals surface area contributed by atoms with Crippen LogP contribution >= 0.6 is 38.9 Å². The summed E-state index contributed by atoms with van der Waals surface area (Å²) in [6, 6.07) is 3.86. The number of thiophene rings is 1. The van der Waals surface area contributed by atoms with Crippen LogP contribution in [0.25, 0.3) is 10.6 Å². The average Bonchev–Trinajstić information content (AvgIpc) is 2.71. The van der Waals surface area contributed by atoms with Crippen LogP contribution < -0.4 is 5.73 Å². The molecule has 0 fully saturated rings. The van der Waals surface area contributed by atoms with E-state index < -0.39 is 0 Å². The Balaban J connectivity index is 2.57. The quantitative estimate of drug-likeness (QED) is 0.927. The molecule has 0 bridgehead atoms. The van der Waals surface area contributed by atoms with Crippen molar-refractivity contribution in [3.63, 3.8) is 0 Å². The molecule has 0 aliphatic heterocycles. The third kappa shape index (κ3) is 1.97. The second-order valence-electron chi connectivity index (χ2n) is 3.04. The lowest BCUT2D eigenvalue weighted by molar-refractivity contribution is 0.750. The van der Waals surface area contributed by atoms with Crippen molar-refractivity contribution in [3.05, 3.63) is 26.6 Å². The van der Waals surface area contributed by atoms with E-state index in [4.69, 9.17) is 17.3 Å². The Morgan fingerprint density at radius 2 is 2.33 bits per heavy atom. The predicted molar refractivity (Wildman–Crippen MR) is 67.1 cm³/mol. The van der Waals surface area contributed by atoms with Crippen molar-refractivity contribution in [3.8, 4) is 10.6 Å². The number of aromatic nitrogens is 2. The molecule has 2 heterocycles. The summed E-state index contributed by atoms with van der Waals surface area (Å²) < 4.78 is 3.53. The van der Waals surface area contributed by atoms with Crippen molar-refractivity contribution in [1.82, 2.24) is 9.78 Å². The van der Waals surface area contributed by atoms with Gasteiger partial charge in [-0.3, -0.25) is 4.68 Å². The van der Waals surface area contributed by atoms with Crippen molar-refractivity contribution in [2.45, 2.75) is 6.54 Å². The normalized spacial score (nSPS) is 10.9. The molecule has 2 rings (SSSR count). The fourth-order valence-corrected chi connectivity index (χ4v) is 3.36. The zero-order valence-electron chi connectivity index (χ0n) is 8.00. The molecule has 0 saturated heterocycles. The number of rotatable bonds is 2. The Hall–Kier alpha value is -0.360. The van der Waals surface area contributed by atoms with Crippen LogP contribution in [0.3, 0.4) is 0 Å². The van der Waals surface area contributed by atoms with E-state index in [1.807, 2.05) is 23.9 Å². The second kappa shape index (κ2) is 4.25. The Labute approximate surface area is 105 Å². The largest absolute Gasteiger partial charge is 0.325 e. The first-order chi connectivity index (χ1) is 7.13. The molecule has 3 nitrogen and oxygen atoms in total. The fourth-order valence-electron chi connectivity index (χ4n) is 1.39. The van der Waals surface area contributed by atoms with Gasteiger partial charge in [-0.25, -0.2) is 0 Å². The molecule has 0 amide bonds. The van der Waals surface area contributed by atoms with Crippen molar-refractivity contribution >= 4 is 38.9 Å². The molecular formula is C9H9BrClN3S. The van der Waals surface area contributed by atoms with Gasteiger partial charge in [0.15, 0.2) is 0 Å². The molecule has 6 heteroatoms.